The minimum atomic E-state index is -5.47. The van der Waals surface area contributed by atoms with Crippen molar-refractivity contribution in [3.8, 4) is 0 Å². The van der Waals surface area contributed by atoms with E-state index in [9.17, 15) is 21.6 Å². The molecule has 0 bridgehead atoms. The highest BCUT2D eigenvalue weighted by molar-refractivity contribution is 7.87. The molecule has 8 heteroatoms. The van der Waals surface area contributed by atoms with E-state index in [0.29, 0.717) is 6.42 Å². The van der Waals surface area contributed by atoms with Gasteiger partial charge in [-0.3, -0.25) is 4.18 Å². The van der Waals surface area contributed by atoms with Crippen LogP contribution in [0.4, 0.5) is 13.2 Å². The summed E-state index contributed by atoms with van der Waals surface area (Å²) in [6.07, 6.45) is 2.00. The van der Waals surface area contributed by atoms with Crippen molar-refractivity contribution in [1.82, 2.24) is 0 Å². The van der Waals surface area contributed by atoms with Crippen LogP contribution in [0.3, 0.4) is 0 Å². The van der Waals surface area contributed by atoms with Gasteiger partial charge in [-0.05, 0) is 12.0 Å². The second-order valence-electron chi connectivity index (χ2n) is 5.79. The molecule has 0 spiro atoms. The molecular weight excluding hydrogens is 285 g/mol. The Hall–Kier alpha value is -0.0831. The molecule has 2 unspecified atom stereocenters. The monoisotopic (exact) mass is 304 g/mol. The smallest absolute Gasteiger partial charge is 0.260 e. The van der Waals surface area contributed by atoms with Gasteiger partial charge in [0.15, 0.2) is 0 Å². The first-order valence-electron chi connectivity index (χ1n) is 5.95. The maximum Gasteiger partial charge on any atom is 0.523 e. The fourth-order valence-corrected chi connectivity index (χ4v) is 5.60. The minimum Gasteiger partial charge on any atom is -0.260 e. The summed E-state index contributed by atoms with van der Waals surface area (Å²) in [5, 5.41) is 0. The third-order valence-electron chi connectivity index (χ3n) is 3.35. The molecule has 1 fully saturated rings. The van der Waals surface area contributed by atoms with E-state index in [1.54, 1.807) is 0 Å². The Morgan fingerprint density at radius 1 is 1.11 bits per heavy atom. The molecular formula is C10H19F3O3SSi. The molecule has 1 aliphatic carbocycles. The van der Waals surface area contributed by atoms with Crippen molar-refractivity contribution in [1.29, 1.82) is 0 Å². The Kier molecular flexibility index (Phi) is 4.55. The van der Waals surface area contributed by atoms with Crippen LogP contribution in [0.2, 0.25) is 25.2 Å². The predicted octanol–water partition coefficient (Wildman–Crippen LogP) is 3.50. The highest BCUT2D eigenvalue weighted by atomic mass is 32.2. The zero-order valence-electron chi connectivity index (χ0n) is 10.8. The lowest BCUT2D eigenvalue weighted by molar-refractivity contribution is -0.0585. The normalized spacial score (nSPS) is 27.2. The molecule has 2 atom stereocenters. The summed E-state index contributed by atoms with van der Waals surface area (Å²) >= 11 is 0. The first-order chi connectivity index (χ1) is 7.95. The molecule has 0 saturated heterocycles. The van der Waals surface area contributed by atoms with E-state index in [0.717, 1.165) is 19.3 Å². The SMILES string of the molecule is C[Si](C)(C)C1CCCCC1OS(=O)(=O)C(F)(F)F. The van der Waals surface area contributed by atoms with Crippen molar-refractivity contribution >= 4 is 18.2 Å². The fourth-order valence-electron chi connectivity index (χ4n) is 2.42. The Labute approximate surface area is 107 Å². The van der Waals surface area contributed by atoms with E-state index < -0.39 is 29.8 Å². The molecule has 0 radical (unpaired) electrons. The van der Waals surface area contributed by atoms with Crippen LogP contribution in [-0.2, 0) is 14.3 Å². The third-order valence-corrected chi connectivity index (χ3v) is 7.30. The Morgan fingerprint density at radius 2 is 1.61 bits per heavy atom. The lowest BCUT2D eigenvalue weighted by Crippen LogP contribution is -2.42. The average molecular weight is 304 g/mol. The van der Waals surface area contributed by atoms with Crippen LogP contribution in [-0.4, -0.2) is 28.1 Å². The summed E-state index contributed by atoms with van der Waals surface area (Å²) in [6.45, 7) is 6.08. The van der Waals surface area contributed by atoms with Gasteiger partial charge in [-0.1, -0.05) is 38.9 Å². The Bertz CT molecular complexity index is 386. The molecule has 1 aliphatic rings. The van der Waals surface area contributed by atoms with Crippen molar-refractivity contribution in [2.24, 2.45) is 0 Å². The highest BCUT2D eigenvalue weighted by Crippen LogP contribution is 2.41. The zero-order valence-corrected chi connectivity index (χ0v) is 12.6. The van der Waals surface area contributed by atoms with Crippen LogP contribution in [0.15, 0.2) is 0 Å². The van der Waals surface area contributed by atoms with E-state index >= 15 is 0 Å². The summed E-state index contributed by atoms with van der Waals surface area (Å²) in [6, 6.07) is 0. The maximum absolute atomic E-state index is 12.3. The van der Waals surface area contributed by atoms with E-state index in [2.05, 4.69) is 4.18 Å². The number of hydrogen-bond acceptors (Lipinski definition) is 3. The summed E-state index contributed by atoms with van der Waals surface area (Å²) in [4.78, 5) is 0. The van der Waals surface area contributed by atoms with Crippen LogP contribution in [0.1, 0.15) is 25.7 Å². The van der Waals surface area contributed by atoms with Gasteiger partial charge in [0, 0.05) is 0 Å². The zero-order chi connectivity index (χ0) is 14.2. The first kappa shape index (κ1) is 16.0. The quantitative estimate of drug-likeness (QED) is 0.455. The lowest BCUT2D eigenvalue weighted by Gasteiger charge is -2.38. The van der Waals surface area contributed by atoms with Crippen LogP contribution in [0.5, 0.6) is 0 Å². The molecule has 18 heavy (non-hydrogen) atoms. The van der Waals surface area contributed by atoms with Gasteiger partial charge in [-0.2, -0.15) is 21.6 Å². The Balaban J connectivity index is 2.88. The molecule has 1 rings (SSSR count). The van der Waals surface area contributed by atoms with Crippen molar-refractivity contribution < 1.29 is 25.8 Å². The van der Waals surface area contributed by atoms with Crippen molar-refractivity contribution in [3.05, 3.63) is 0 Å². The van der Waals surface area contributed by atoms with Gasteiger partial charge in [0.2, 0.25) is 0 Å². The predicted molar refractivity (Wildman–Crippen MR) is 65.4 cm³/mol. The summed E-state index contributed by atoms with van der Waals surface area (Å²) < 4.78 is 63.5. The van der Waals surface area contributed by atoms with Gasteiger partial charge >= 0.3 is 15.6 Å². The molecule has 3 nitrogen and oxygen atoms in total. The molecule has 0 aromatic carbocycles. The summed E-state index contributed by atoms with van der Waals surface area (Å²) in [5.74, 6) is 0. The number of alkyl halides is 3. The topological polar surface area (TPSA) is 43.4 Å². The molecule has 0 aromatic rings. The molecule has 1 saturated carbocycles. The van der Waals surface area contributed by atoms with Crippen molar-refractivity contribution in [3.63, 3.8) is 0 Å². The molecule has 0 aliphatic heterocycles. The maximum atomic E-state index is 12.3. The van der Waals surface area contributed by atoms with Gasteiger partial charge in [0.05, 0.1) is 14.2 Å². The van der Waals surface area contributed by atoms with Crippen LogP contribution in [0, 0.1) is 0 Å². The van der Waals surface area contributed by atoms with Crippen LogP contribution in [0.25, 0.3) is 0 Å². The standard InChI is InChI=1S/C10H19F3O3SSi/c1-18(2,3)9-7-5-4-6-8(9)16-17(14,15)10(11,12)13/h8-9H,4-7H2,1-3H3. The van der Waals surface area contributed by atoms with Crippen molar-refractivity contribution in [2.45, 2.75) is 62.5 Å². The second kappa shape index (κ2) is 5.13. The molecule has 0 aromatic heterocycles. The van der Waals surface area contributed by atoms with E-state index in [1.807, 2.05) is 19.6 Å². The second-order valence-corrected chi connectivity index (χ2v) is 12.8. The molecule has 108 valence electrons. The van der Waals surface area contributed by atoms with E-state index in [1.165, 1.54) is 0 Å². The molecule has 0 heterocycles. The fraction of sp³-hybridized carbons (Fsp3) is 1.00. The Morgan fingerprint density at radius 3 is 2.06 bits per heavy atom. The minimum absolute atomic E-state index is 0.0385. The number of rotatable bonds is 3. The largest absolute Gasteiger partial charge is 0.523 e. The first-order valence-corrected chi connectivity index (χ1v) is 10.9. The summed E-state index contributed by atoms with van der Waals surface area (Å²) in [7, 11) is -7.20. The van der Waals surface area contributed by atoms with Gasteiger partial charge < -0.3 is 0 Å². The van der Waals surface area contributed by atoms with Gasteiger partial charge in [-0.15, -0.1) is 0 Å². The van der Waals surface area contributed by atoms with Gasteiger partial charge in [-0.25, -0.2) is 0 Å². The highest BCUT2D eigenvalue weighted by Gasteiger charge is 2.50. The van der Waals surface area contributed by atoms with Crippen LogP contribution >= 0.6 is 0 Å². The number of halogens is 3. The lowest BCUT2D eigenvalue weighted by atomic mass is 9.97. The van der Waals surface area contributed by atoms with E-state index in [4.69, 9.17) is 0 Å². The van der Waals surface area contributed by atoms with E-state index in [-0.39, 0.29) is 5.54 Å². The summed E-state index contributed by atoms with van der Waals surface area (Å²) in [5.41, 5.74) is -5.36. The third kappa shape index (κ3) is 3.71. The van der Waals surface area contributed by atoms with Gasteiger partial charge in [0.1, 0.15) is 0 Å². The van der Waals surface area contributed by atoms with Crippen LogP contribution < -0.4 is 0 Å². The molecule has 0 amide bonds. The van der Waals surface area contributed by atoms with Gasteiger partial charge in [0.25, 0.3) is 0 Å². The average Bonchev–Trinajstić information content (AvgIpc) is 2.14. The number of hydrogen-bond donors (Lipinski definition) is 0. The molecule has 0 N–H and O–H groups in total. The van der Waals surface area contributed by atoms with Crippen molar-refractivity contribution in [2.75, 3.05) is 0 Å².